The van der Waals surface area contributed by atoms with Gasteiger partial charge in [0.15, 0.2) is 0 Å². The maximum atomic E-state index is 10.8. The van der Waals surface area contributed by atoms with Gasteiger partial charge < -0.3 is 10.4 Å². The van der Waals surface area contributed by atoms with Crippen LogP contribution < -0.4 is 5.32 Å². The average Bonchev–Trinajstić information content (AvgIpc) is 2.46. The molecule has 110 valence electrons. The lowest BCUT2D eigenvalue weighted by Gasteiger charge is -2.33. The Morgan fingerprint density at radius 2 is 2.20 bits per heavy atom. The van der Waals surface area contributed by atoms with Gasteiger partial charge in [-0.25, -0.2) is 0 Å². The smallest absolute Gasteiger partial charge is 0.307 e. The van der Waals surface area contributed by atoms with Gasteiger partial charge in [-0.3, -0.25) is 9.69 Å². The number of aliphatic carboxylic acids is 1. The number of carboxylic acids is 1. The maximum Gasteiger partial charge on any atom is 0.307 e. The Labute approximate surface area is 120 Å². The Morgan fingerprint density at radius 1 is 1.45 bits per heavy atom. The van der Waals surface area contributed by atoms with Crippen LogP contribution in [0.3, 0.4) is 0 Å². The summed E-state index contributed by atoms with van der Waals surface area (Å²) in [6.45, 7) is 5.41. The van der Waals surface area contributed by atoms with Crippen molar-refractivity contribution in [2.45, 2.75) is 32.4 Å². The highest BCUT2D eigenvalue weighted by Crippen LogP contribution is 2.14. The first kappa shape index (κ1) is 15.0. The third-order valence-corrected chi connectivity index (χ3v) is 3.89. The first-order valence-electron chi connectivity index (χ1n) is 7.37. The van der Waals surface area contributed by atoms with Gasteiger partial charge in [0, 0.05) is 25.7 Å². The lowest BCUT2D eigenvalue weighted by atomic mass is 10.0. The summed E-state index contributed by atoms with van der Waals surface area (Å²) in [5.41, 5.74) is 1.34. The lowest BCUT2D eigenvalue weighted by Crippen LogP contribution is -2.46. The van der Waals surface area contributed by atoms with Crippen molar-refractivity contribution in [2.75, 3.05) is 19.6 Å². The van der Waals surface area contributed by atoms with E-state index in [0.29, 0.717) is 12.6 Å². The van der Waals surface area contributed by atoms with E-state index in [-0.39, 0.29) is 5.92 Å². The van der Waals surface area contributed by atoms with E-state index in [2.05, 4.69) is 34.5 Å². The second-order valence-corrected chi connectivity index (χ2v) is 5.71. The molecule has 2 N–H and O–H groups in total. The molecule has 0 spiro atoms. The second kappa shape index (κ2) is 7.41. The first-order valence-corrected chi connectivity index (χ1v) is 7.37. The molecule has 1 aliphatic rings. The minimum absolute atomic E-state index is 0.320. The van der Waals surface area contributed by atoms with Crippen LogP contribution in [0.1, 0.15) is 25.3 Å². The van der Waals surface area contributed by atoms with Crippen LogP contribution in [0.2, 0.25) is 0 Å². The SMILES string of the molecule is CC(CNC1CCCN(Cc2ccccc2)C1)C(=O)O. The molecule has 4 nitrogen and oxygen atoms in total. The fraction of sp³-hybridized carbons (Fsp3) is 0.562. The molecule has 1 aliphatic heterocycles. The Bertz CT molecular complexity index is 422. The van der Waals surface area contributed by atoms with Crippen LogP contribution in [0.5, 0.6) is 0 Å². The first-order chi connectivity index (χ1) is 9.65. The minimum atomic E-state index is -0.727. The van der Waals surface area contributed by atoms with E-state index in [1.54, 1.807) is 6.92 Å². The van der Waals surface area contributed by atoms with Gasteiger partial charge in [0.1, 0.15) is 0 Å². The summed E-state index contributed by atoms with van der Waals surface area (Å²) in [7, 11) is 0. The van der Waals surface area contributed by atoms with Gasteiger partial charge in [0.05, 0.1) is 5.92 Å². The molecule has 2 rings (SSSR count). The third kappa shape index (κ3) is 4.62. The van der Waals surface area contributed by atoms with Crippen LogP contribution in [0.15, 0.2) is 30.3 Å². The van der Waals surface area contributed by atoms with E-state index in [4.69, 9.17) is 5.11 Å². The number of rotatable bonds is 6. The number of hydrogen-bond donors (Lipinski definition) is 2. The molecular weight excluding hydrogens is 252 g/mol. The molecule has 2 unspecified atom stereocenters. The zero-order valence-corrected chi connectivity index (χ0v) is 12.1. The van der Waals surface area contributed by atoms with E-state index in [1.807, 2.05) is 6.07 Å². The van der Waals surface area contributed by atoms with Gasteiger partial charge in [0.2, 0.25) is 0 Å². The predicted molar refractivity (Wildman–Crippen MR) is 79.5 cm³/mol. The summed E-state index contributed by atoms with van der Waals surface area (Å²) in [5, 5.41) is 12.3. The van der Waals surface area contributed by atoms with Crippen LogP contribution in [-0.2, 0) is 11.3 Å². The summed E-state index contributed by atoms with van der Waals surface area (Å²) in [5.74, 6) is -1.05. The van der Waals surface area contributed by atoms with Crippen LogP contribution in [-0.4, -0.2) is 41.7 Å². The molecule has 20 heavy (non-hydrogen) atoms. The predicted octanol–water partition coefficient (Wildman–Crippen LogP) is 1.96. The van der Waals surface area contributed by atoms with E-state index < -0.39 is 5.97 Å². The van der Waals surface area contributed by atoms with Crippen LogP contribution >= 0.6 is 0 Å². The second-order valence-electron chi connectivity index (χ2n) is 5.71. The molecule has 4 heteroatoms. The number of likely N-dealkylation sites (tertiary alicyclic amines) is 1. The largest absolute Gasteiger partial charge is 0.481 e. The quantitative estimate of drug-likeness (QED) is 0.834. The van der Waals surface area contributed by atoms with Crippen molar-refractivity contribution in [3.8, 4) is 0 Å². The molecule has 1 saturated heterocycles. The topological polar surface area (TPSA) is 52.6 Å². The van der Waals surface area contributed by atoms with E-state index >= 15 is 0 Å². The zero-order valence-electron chi connectivity index (χ0n) is 12.1. The molecular formula is C16H24N2O2. The van der Waals surface area contributed by atoms with Crippen LogP contribution in [0, 0.1) is 5.92 Å². The molecule has 1 fully saturated rings. The number of piperidine rings is 1. The van der Waals surface area contributed by atoms with Crippen LogP contribution in [0.4, 0.5) is 0 Å². The summed E-state index contributed by atoms with van der Waals surface area (Å²) in [6.07, 6.45) is 2.31. The lowest BCUT2D eigenvalue weighted by molar-refractivity contribution is -0.141. The molecule has 0 bridgehead atoms. The van der Waals surface area contributed by atoms with Crippen molar-refractivity contribution >= 4 is 5.97 Å². The monoisotopic (exact) mass is 276 g/mol. The van der Waals surface area contributed by atoms with E-state index in [9.17, 15) is 4.79 Å². The standard InChI is InChI=1S/C16H24N2O2/c1-13(16(19)20)10-17-15-8-5-9-18(12-15)11-14-6-3-2-4-7-14/h2-4,6-7,13,15,17H,5,8-12H2,1H3,(H,19,20). The number of hydrogen-bond acceptors (Lipinski definition) is 3. The molecule has 0 radical (unpaired) electrons. The van der Waals surface area contributed by atoms with Crippen molar-refractivity contribution in [1.82, 2.24) is 10.2 Å². The summed E-state index contributed by atoms with van der Waals surface area (Å²) >= 11 is 0. The number of carbonyl (C=O) groups is 1. The molecule has 1 heterocycles. The fourth-order valence-corrected chi connectivity index (χ4v) is 2.64. The van der Waals surface area contributed by atoms with E-state index in [1.165, 1.54) is 12.0 Å². The van der Waals surface area contributed by atoms with Crippen molar-refractivity contribution in [1.29, 1.82) is 0 Å². The third-order valence-electron chi connectivity index (χ3n) is 3.89. The van der Waals surface area contributed by atoms with E-state index in [0.717, 1.165) is 26.1 Å². The summed E-state index contributed by atoms with van der Waals surface area (Å²) < 4.78 is 0. The molecule has 0 amide bonds. The highest BCUT2D eigenvalue weighted by molar-refractivity contribution is 5.69. The summed E-state index contributed by atoms with van der Waals surface area (Å²) in [6, 6.07) is 10.9. The number of carboxylic acid groups (broad SMARTS) is 1. The van der Waals surface area contributed by atoms with Gasteiger partial charge in [-0.05, 0) is 24.9 Å². The Kier molecular flexibility index (Phi) is 5.56. The zero-order chi connectivity index (χ0) is 14.4. The fourth-order valence-electron chi connectivity index (χ4n) is 2.64. The average molecular weight is 276 g/mol. The van der Waals surface area contributed by atoms with Gasteiger partial charge in [-0.2, -0.15) is 0 Å². The normalized spacial score (nSPS) is 21.6. The van der Waals surface area contributed by atoms with Crippen LogP contribution in [0.25, 0.3) is 0 Å². The van der Waals surface area contributed by atoms with Gasteiger partial charge >= 0.3 is 5.97 Å². The maximum absolute atomic E-state index is 10.8. The summed E-state index contributed by atoms with van der Waals surface area (Å²) in [4.78, 5) is 13.3. The Hall–Kier alpha value is -1.39. The number of nitrogens with zero attached hydrogens (tertiary/aromatic N) is 1. The Balaban J connectivity index is 1.78. The van der Waals surface area contributed by atoms with Crippen molar-refractivity contribution < 1.29 is 9.90 Å². The highest BCUT2D eigenvalue weighted by atomic mass is 16.4. The minimum Gasteiger partial charge on any atom is -0.481 e. The molecule has 0 aromatic heterocycles. The number of nitrogens with one attached hydrogen (secondary N) is 1. The molecule has 2 atom stereocenters. The molecule has 1 aromatic rings. The van der Waals surface area contributed by atoms with Gasteiger partial charge in [0.25, 0.3) is 0 Å². The number of benzene rings is 1. The van der Waals surface area contributed by atoms with Gasteiger partial charge in [-0.1, -0.05) is 37.3 Å². The van der Waals surface area contributed by atoms with Gasteiger partial charge in [-0.15, -0.1) is 0 Å². The Morgan fingerprint density at radius 3 is 2.90 bits per heavy atom. The van der Waals surface area contributed by atoms with Crippen molar-refractivity contribution in [2.24, 2.45) is 5.92 Å². The van der Waals surface area contributed by atoms with Crippen molar-refractivity contribution in [3.05, 3.63) is 35.9 Å². The van der Waals surface area contributed by atoms with Crippen molar-refractivity contribution in [3.63, 3.8) is 0 Å². The highest BCUT2D eigenvalue weighted by Gasteiger charge is 2.21. The molecule has 0 saturated carbocycles. The molecule has 0 aliphatic carbocycles. The molecule has 1 aromatic carbocycles.